The minimum atomic E-state index is -0.0748. The molecule has 5 heteroatoms. The van der Waals surface area contributed by atoms with Crippen molar-refractivity contribution in [1.82, 2.24) is 19.9 Å². The summed E-state index contributed by atoms with van der Waals surface area (Å²) in [5.74, 6) is 1.43. The van der Waals surface area contributed by atoms with E-state index in [0.717, 1.165) is 33.4 Å². The molecule has 0 radical (unpaired) electrons. The third-order valence-corrected chi connectivity index (χ3v) is 4.98. The molecule has 0 spiro atoms. The second-order valence-corrected chi connectivity index (χ2v) is 6.92. The van der Waals surface area contributed by atoms with Crippen molar-refractivity contribution in [3.63, 3.8) is 0 Å². The quantitative estimate of drug-likeness (QED) is 0.443. The van der Waals surface area contributed by atoms with Crippen LogP contribution in [0.2, 0.25) is 0 Å². The molecule has 2 aromatic carbocycles. The van der Waals surface area contributed by atoms with Gasteiger partial charge in [0, 0.05) is 35.7 Å². The molecule has 0 aliphatic carbocycles. The van der Waals surface area contributed by atoms with Gasteiger partial charge in [-0.25, -0.2) is 9.97 Å². The van der Waals surface area contributed by atoms with Gasteiger partial charge in [-0.15, -0.1) is 0 Å². The van der Waals surface area contributed by atoms with Gasteiger partial charge in [-0.2, -0.15) is 0 Å². The summed E-state index contributed by atoms with van der Waals surface area (Å²) in [5.41, 5.74) is 4.03. The molecule has 5 nitrogen and oxygen atoms in total. The summed E-state index contributed by atoms with van der Waals surface area (Å²) in [6.07, 6.45) is 7.15. The van der Waals surface area contributed by atoms with Crippen LogP contribution < -0.4 is 5.32 Å². The van der Waals surface area contributed by atoms with Gasteiger partial charge in [-0.3, -0.25) is 9.97 Å². The fourth-order valence-corrected chi connectivity index (χ4v) is 3.51. The summed E-state index contributed by atoms with van der Waals surface area (Å²) < 4.78 is 0. The van der Waals surface area contributed by atoms with Crippen molar-refractivity contribution in [2.75, 3.05) is 5.32 Å². The number of nitrogens with one attached hydrogen (secondary N) is 1. The van der Waals surface area contributed by atoms with Crippen molar-refractivity contribution in [2.45, 2.75) is 6.04 Å². The third kappa shape index (κ3) is 3.61. The molecule has 0 fully saturated rings. The van der Waals surface area contributed by atoms with Crippen molar-refractivity contribution in [2.24, 2.45) is 0 Å². The van der Waals surface area contributed by atoms with E-state index in [4.69, 9.17) is 9.97 Å². The number of benzene rings is 2. The van der Waals surface area contributed by atoms with Gasteiger partial charge in [0.1, 0.15) is 5.82 Å². The highest BCUT2D eigenvalue weighted by atomic mass is 15.1. The molecule has 0 saturated heterocycles. The summed E-state index contributed by atoms with van der Waals surface area (Å²) in [7, 11) is 0. The zero-order chi connectivity index (χ0) is 20.2. The Hall–Kier alpha value is -4.12. The predicted octanol–water partition coefficient (Wildman–Crippen LogP) is 5.29. The Morgan fingerprint density at radius 2 is 1.40 bits per heavy atom. The standard InChI is InChI=1S/C25H19N5/c1-2-7-18(8-3-1)23(19-12-15-26-16-13-19)29-25-21-10-4-5-11-22(21)28-24(30-25)20-9-6-14-27-17-20/h1-17,23H,(H,28,29,30)/t23-/m0/s1. The van der Waals surface area contributed by atoms with Gasteiger partial charge in [0.05, 0.1) is 11.6 Å². The smallest absolute Gasteiger partial charge is 0.163 e. The number of anilines is 1. The predicted molar refractivity (Wildman–Crippen MR) is 119 cm³/mol. The van der Waals surface area contributed by atoms with Crippen molar-refractivity contribution in [3.8, 4) is 11.4 Å². The van der Waals surface area contributed by atoms with E-state index < -0.39 is 0 Å². The monoisotopic (exact) mass is 389 g/mol. The minimum absolute atomic E-state index is 0.0748. The molecule has 0 bridgehead atoms. The van der Waals surface area contributed by atoms with E-state index in [1.807, 2.05) is 79.1 Å². The summed E-state index contributed by atoms with van der Waals surface area (Å²) in [4.78, 5) is 18.0. The van der Waals surface area contributed by atoms with Gasteiger partial charge < -0.3 is 5.32 Å². The molecule has 30 heavy (non-hydrogen) atoms. The number of nitrogens with zero attached hydrogens (tertiary/aromatic N) is 4. The Bertz CT molecular complexity index is 1220. The van der Waals surface area contributed by atoms with Crippen molar-refractivity contribution < 1.29 is 0 Å². The molecule has 1 N–H and O–H groups in total. The average molecular weight is 389 g/mol. The summed E-state index contributed by atoms with van der Waals surface area (Å²) in [5, 5.41) is 4.64. The maximum absolute atomic E-state index is 4.88. The number of para-hydroxylation sites is 1. The first-order chi connectivity index (χ1) is 14.9. The molecule has 0 saturated carbocycles. The molecule has 0 unspecified atom stereocenters. The van der Waals surface area contributed by atoms with Crippen LogP contribution >= 0.6 is 0 Å². The normalized spacial score (nSPS) is 11.9. The van der Waals surface area contributed by atoms with Crippen LogP contribution in [0.25, 0.3) is 22.3 Å². The summed E-state index contributed by atoms with van der Waals surface area (Å²) in [6, 6.07) is 26.2. The number of rotatable bonds is 5. The second kappa shape index (κ2) is 8.09. The lowest BCUT2D eigenvalue weighted by Gasteiger charge is -2.21. The molecular formula is C25H19N5. The van der Waals surface area contributed by atoms with E-state index in [9.17, 15) is 0 Å². The second-order valence-electron chi connectivity index (χ2n) is 6.92. The zero-order valence-corrected chi connectivity index (χ0v) is 16.2. The average Bonchev–Trinajstić information content (AvgIpc) is 2.84. The number of fused-ring (bicyclic) bond motifs is 1. The van der Waals surface area contributed by atoms with Crippen LogP contribution in [0.15, 0.2) is 104 Å². The highest BCUT2D eigenvalue weighted by Gasteiger charge is 2.17. The van der Waals surface area contributed by atoms with Crippen LogP contribution in [-0.2, 0) is 0 Å². The Labute approximate surface area is 174 Å². The van der Waals surface area contributed by atoms with Gasteiger partial charge in [0.15, 0.2) is 5.82 Å². The summed E-state index contributed by atoms with van der Waals surface area (Å²) in [6.45, 7) is 0. The molecule has 0 aliphatic rings. The van der Waals surface area contributed by atoms with Crippen LogP contribution in [0.5, 0.6) is 0 Å². The molecule has 1 atom stereocenters. The van der Waals surface area contributed by atoms with Gasteiger partial charge in [0.25, 0.3) is 0 Å². The van der Waals surface area contributed by atoms with Gasteiger partial charge >= 0.3 is 0 Å². The lowest BCUT2D eigenvalue weighted by molar-refractivity contribution is 0.923. The van der Waals surface area contributed by atoms with E-state index in [1.54, 1.807) is 12.4 Å². The van der Waals surface area contributed by atoms with Gasteiger partial charge in [0.2, 0.25) is 0 Å². The molecule has 144 valence electrons. The van der Waals surface area contributed by atoms with Crippen LogP contribution in [0.1, 0.15) is 17.2 Å². The minimum Gasteiger partial charge on any atom is -0.359 e. The molecular weight excluding hydrogens is 370 g/mol. The largest absolute Gasteiger partial charge is 0.359 e. The Balaban J connectivity index is 1.65. The van der Waals surface area contributed by atoms with E-state index in [0.29, 0.717) is 5.82 Å². The molecule has 0 amide bonds. The Morgan fingerprint density at radius 3 is 2.20 bits per heavy atom. The number of aromatic nitrogens is 4. The van der Waals surface area contributed by atoms with Gasteiger partial charge in [-0.1, -0.05) is 42.5 Å². The molecule has 3 aromatic heterocycles. The highest BCUT2D eigenvalue weighted by Crippen LogP contribution is 2.30. The Morgan fingerprint density at radius 1 is 0.633 bits per heavy atom. The number of hydrogen-bond donors (Lipinski definition) is 1. The first kappa shape index (κ1) is 17.9. The van der Waals surface area contributed by atoms with E-state index in [1.165, 1.54) is 0 Å². The zero-order valence-electron chi connectivity index (χ0n) is 16.2. The fourth-order valence-electron chi connectivity index (χ4n) is 3.51. The van der Waals surface area contributed by atoms with Crippen molar-refractivity contribution >= 4 is 16.7 Å². The van der Waals surface area contributed by atoms with Crippen LogP contribution in [-0.4, -0.2) is 19.9 Å². The molecule has 3 heterocycles. The highest BCUT2D eigenvalue weighted by molar-refractivity contribution is 5.90. The molecule has 5 rings (SSSR count). The van der Waals surface area contributed by atoms with E-state index >= 15 is 0 Å². The van der Waals surface area contributed by atoms with Crippen molar-refractivity contribution in [3.05, 3.63) is 115 Å². The lowest BCUT2D eigenvalue weighted by atomic mass is 9.99. The van der Waals surface area contributed by atoms with E-state index in [-0.39, 0.29) is 6.04 Å². The van der Waals surface area contributed by atoms with E-state index in [2.05, 4.69) is 27.4 Å². The van der Waals surface area contributed by atoms with Crippen LogP contribution in [0, 0.1) is 0 Å². The van der Waals surface area contributed by atoms with Crippen molar-refractivity contribution in [1.29, 1.82) is 0 Å². The number of pyridine rings is 2. The third-order valence-electron chi connectivity index (χ3n) is 4.98. The van der Waals surface area contributed by atoms with Gasteiger partial charge in [-0.05, 0) is 47.5 Å². The maximum atomic E-state index is 4.88. The first-order valence-corrected chi connectivity index (χ1v) is 9.77. The topological polar surface area (TPSA) is 63.6 Å². The Kier molecular flexibility index (Phi) is 4.84. The number of hydrogen-bond acceptors (Lipinski definition) is 5. The maximum Gasteiger partial charge on any atom is 0.163 e. The lowest BCUT2D eigenvalue weighted by Crippen LogP contribution is -2.14. The van der Waals surface area contributed by atoms with Crippen LogP contribution in [0.3, 0.4) is 0 Å². The van der Waals surface area contributed by atoms with Crippen LogP contribution in [0.4, 0.5) is 5.82 Å². The first-order valence-electron chi connectivity index (χ1n) is 9.77. The molecule has 0 aliphatic heterocycles. The fraction of sp³-hybridized carbons (Fsp3) is 0.0400. The molecule has 5 aromatic rings. The summed E-state index contributed by atoms with van der Waals surface area (Å²) >= 11 is 0. The SMILES string of the molecule is c1ccc([C@H](Nc2nc(-c3cccnc3)nc3ccccc23)c2ccncc2)cc1.